The van der Waals surface area contributed by atoms with Crippen molar-refractivity contribution in [2.24, 2.45) is 5.73 Å². The molecule has 5 heteroatoms. The summed E-state index contributed by atoms with van der Waals surface area (Å²) in [5.41, 5.74) is 11.6. The normalized spacial score (nSPS) is 10.5. The van der Waals surface area contributed by atoms with Gasteiger partial charge in [0.25, 0.3) is 5.91 Å². The molecule has 0 saturated heterocycles. The molecular formula is C12H19N3O2. The lowest BCUT2D eigenvalue weighted by Gasteiger charge is -2.12. The van der Waals surface area contributed by atoms with Gasteiger partial charge in [-0.25, -0.2) is 0 Å². The van der Waals surface area contributed by atoms with Gasteiger partial charge in [-0.3, -0.25) is 4.79 Å². The predicted octanol–water partition coefficient (Wildman–Crippen LogP) is 0.698. The van der Waals surface area contributed by atoms with Crippen LogP contribution in [0.2, 0.25) is 0 Å². The zero-order valence-electron chi connectivity index (χ0n) is 10.3. The number of hydrogen-bond donors (Lipinski definition) is 2. The number of nitrogens with two attached hydrogens (primary N) is 2. The van der Waals surface area contributed by atoms with Crippen molar-refractivity contribution in [3.05, 3.63) is 23.8 Å². The van der Waals surface area contributed by atoms with Crippen LogP contribution in [0.5, 0.6) is 5.75 Å². The van der Waals surface area contributed by atoms with Crippen LogP contribution in [-0.4, -0.2) is 38.1 Å². The summed E-state index contributed by atoms with van der Waals surface area (Å²) in [5.74, 6) is -0.0266. The van der Waals surface area contributed by atoms with E-state index in [4.69, 9.17) is 16.2 Å². The van der Waals surface area contributed by atoms with Crippen LogP contribution in [0, 0.1) is 0 Å². The highest BCUT2D eigenvalue weighted by Crippen LogP contribution is 2.24. The monoisotopic (exact) mass is 237 g/mol. The molecule has 0 aliphatic rings. The molecule has 1 rings (SSSR count). The molecule has 1 amide bonds. The van der Waals surface area contributed by atoms with Crippen molar-refractivity contribution in [2.75, 3.05) is 33.0 Å². The molecule has 17 heavy (non-hydrogen) atoms. The van der Waals surface area contributed by atoms with E-state index in [2.05, 4.69) is 4.90 Å². The van der Waals surface area contributed by atoms with Crippen LogP contribution in [-0.2, 0) is 0 Å². The number of benzene rings is 1. The minimum atomic E-state index is -0.541. The summed E-state index contributed by atoms with van der Waals surface area (Å²) in [6.07, 6.45) is 0.896. The van der Waals surface area contributed by atoms with Crippen molar-refractivity contribution in [1.29, 1.82) is 0 Å². The molecule has 5 nitrogen and oxygen atoms in total. The van der Waals surface area contributed by atoms with Gasteiger partial charge < -0.3 is 21.1 Å². The van der Waals surface area contributed by atoms with E-state index in [0.717, 1.165) is 13.0 Å². The molecule has 0 aliphatic heterocycles. The molecule has 0 atom stereocenters. The summed E-state index contributed by atoms with van der Waals surface area (Å²) in [6, 6.07) is 5.03. The maximum atomic E-state index is 11.1. The number of hydrogen-bond acceptors (Lipinski definition) is 4. The van der Waals surface area contributed by atoms with Crippen LogP contribution >= 0.6 is 0 Å². The second kappa shape index (κ2) is 6.10. The Balaban J connectivity index is 2.59. The van der Waals surface area contributed by atoms with E-state index in [1.807, 2.05) is 14.1 Å². The number of carbonyl (C=O) groups is 1. The lowest BCUT2D eigenvalue weighted by atomic mass is 10.1. The highest BCUT2D eigenvalue weighted by Gasteiger charge is 2.09. The lowest BCUT2D eigenvalue weighted by Crippen LogP contribution is -2.16. The molecule has 1 aromatic rings. The van der Waals surface area contributed by atoms with Crippen LogP contribution in [0.4, 0.5) is 5.69 Å². The number of rotatable bonds is 6. The fourth-order valence-electron chi connectivity index (χ4n) is 1.45. The molecule has 4 N–H and O–H groups in total. The fraction of sp³-hybridized carbons (Fsp3) is 0.417. The van der Waals surface area contributed by atoms with Crippen molar-refractivity contribution in [3.63, 3.8) is 0 Å². The first kappa shape index (κ1) is 13.3. The Hall–Kier alpha value is -1.75. The first-order valence-corrected chi connectivity index (χ1v) is 5.48. The highest BCUT2D eigenvalue weighted by atomic mass is 16.5. The summed E-state index contributed by atoms with van der Waals surface area (Å²) in [4.78, 5) is 13.1. The average Bonchev–Trinajstić information content (AvgIpc) is 2.25. The molecule has 94 valence electrons. The molecule has 0 fully saturated rings. The van der Waals surface area contributed by atoms with Gasteiger partial charge in [-0.05, 0) is 32.6 Å². The van der Waals surface area contributed by atoms with Gasteiger partial charge >= 0.3 is 0 Å². The number of nitrogen functional groups attached to an aromatic ring is 1. The van der Waals surface area contributed by atoms with Gasteiger partial charge in [-0.2, -0.15) is 0 Å². The Morgan fingerprint density at radius 1 is 1.41 bits per heavy atom. The van der Waals surface area contributed by atoms with E-state index in [9.17, 15) is 4.79 Å². The molecule has 0 aromatic heterocycles. The SMILES string of the molecule is CN(C)CCCOc1cccc(C(N)=O)c1N. The molecule has 0 aliphatic carbocycles. The van der Waals surface area contributed by atoms with E-state index in [1.165, 1.54) is 0 Å². The van der Waals surface area contributed by atoms with Crippen LogP contribution in [0.3, 0.4) is 0 Å². The number of amides is 1. The Bertz CT molecular complexity index is 391. The van der Waals surface area contributed by atoms with Gasteiger partial charge in [0.2, 0.25) is 0 Å². The number of primary amides is 1. The Morgan fingerprint density at radius 3 is 2.71 bits per heavy atom. The molecule has 0 saturated carbocycles. The predicted molar refractivity (Wildman–Crippen MR) is 68.0 cm³/mol. The van der Waals surface area contributed by atoms with E-state index >= 15 is 0 Å². The zero-order valence-corrected chi connectivity index (χ0v) is 10.3. The molecule has 0 radical (unpaired) electrons. The molecule has 0 unspecified atom stereocenters. The summed E-state index contributed by atoms with van der Waals surface area (Å²) in [7, 11) is 4.00. The quantitative estimate of drug-likeness (QED) is 0.563. The number of anilines is 1. The topological polar surface area (TPSA) is 81.6 Å². The molecule has 0 bridgehead atoms. The Kier molecular flexibility index (Phi) is 4.78. The van der Waals surface area contributed by atoms with Crippen molar-refractivity contribution >= 4 is 11.6 Å². The second-order valence-corrected chi connectivity index (χ2v) is 4.09. The van der Waals surface area contributed by atoms with Crippen molar-refractivity contribution in [3.8, 4) is 5.75 Å². The number of ether oxygens (including phenoxy) is 1. The molecular weight excluding hydrogens is 218 g/mol. The van der Waals surface area contributed by atoms with Crippen LogP contribution in [0.25, 0.3) is 0 Å². The van der Waals surface area contributed by atoms with Crippen LogP contribution in [0.15, 0.2) is 18.2 Å². The van der Waals surface area contributed by atoms with Gasteiger partial charge in [0.05, 0.1) is 17.9 Å². The van der Waals surface area contributed by atoms with Crippen LogP contribution in [0.1, 0.15) is 16.8 Å². The van der Waals surface area contributed by atoms with Gasteiger partial charge in [0, 0.05) is 6.54 Å². The maximum absolute atomic E-state index is 11.1. The average molecular weight is 237 g/mol. The number of nitrogens with zero attached hydrogens (tertiary/aromatic N) is 1. The van der Waals surface area contributed by atoms with Crippen molar-refractivity contribution in [1.82, 2.24) is 4.90 Å². The Morgan fingerprint density at radius 2 is 2.12 bits per heavy atom. The third-order valence-electron chi connectivity index (χ3n) is 2.34. The van der Waals surface area contributed by atoms with E-state index in [1.54, 1.807) is 18.2 Å². The van der Waals surface area contributed by atoms with E-state index in [-0.39, 0.29) is 0 Å². The third kappa shape index (κ3) is 3.96. The molecule has 0 spiro atoms. The summed E-state index contributed by atoms with van der Waals surface area (Å²) >= 11 is 0. The standard InChI is InChI=1S/C12H19N3O2/c1-15(2)7-4-8-17-10-6-3-5-9(11(10)13)12(14)16/h3,5-6H,4,7-8,13H2,1-2H3,(H2,14,16). The van der Waals surface area contributed by atoms with Gasteiger partial charge in [-0.15, -0.1) is 0 Å². The summed E-state index contributed by atoms with van der Waals surface area (Å²) in [6.45, 7) is 1.50. The van der Waals surface area contributed by atoms with Gasteiger partial charge in [0.15, 0.2) is 0 Å². The minimum absolute atomic E-state index is 0.301. The van der Waals surface area contributed by atoms with Crippen molar-refractivity contribution in [2.45, 2.75) is 6.42 Å². The second-order valence-electron chi connectivity index (χ2n) is 4.09. The fourth-order valence-corrected chi connectivity index (χ4v) is 1.45. The van der Waals surface area contributed by atoms with Crippen LogP contribution < -0.4 is 16.2 Å². The maximum Gasteiger partial charge on any atom is 0.250 e. The number of para-hydroxylation sites is 1. The summed E-state index contributed by atoms with van der Waals surface area (Å²) in [5, 5.41) is 0. The highest BCUT2D eigenvalue weighted by molar-refractivity contribution is 5.99. The van der Waals surface area contributed by atoms with Gasteiger partial charge in [-0.1, -0.05) is 6.07 Å². The minimum Gasteiger partial charge on any atom is -0.491 e. The third-order valence-corrected chi connectivity index (χ3v) is 2.34. The van der Waals surface area contributed by atoms with Crippen molar-refractivity contribution < 1.29 is 9.53 Å². The largest absolute Gasteiger partial charge is 0.491 e. The zero-order chi connectivity index (χ0) is 12.8. The summed E-state index contributed by atoms with van der Waals surface area (Å²) < 4.78 is 5.52. The van der Waals surface area contributed by atoms with Gasteiger partial charge in [0.1, 0.15) is 5.75 Å². The smallest absolute Gasteiger partial charge is 0.250 e. The molecule has 0 heterocycles. The first-order valence-electron chi connectivity index (χ1n) is 5.48. The lowest BCUT2D eigenvalue weighted by molar-refractivity contribution is 0.100. The first-order chi connectivity index (χ1) is 8.02. The molecule has 1 aromatic carbocycles. The Labute approximate surface area is 101 Å². The number of carbonyl (C=O) groups excluding carboxylic acids is 1. The van der Waals surface area contributed by atoms with E-state index < -0.39 is 5.91 Å². The van der Waals surface area contributed by atoms with E-state index in [0.29, 0.717) is 23.6 Å².